The average molecular weight is 119 g/mol. The molecule has 0 bridgehead atoms. The summed E-state index contributed by atoms with van der Waals surface area (Å²) in [6.45, 7) is 1.50. The summed E-state index contributed by atoms with van der Waals surface area (Å²) in [4.78, 5) is 0.912. The molecular weight excluding hydrogens is 106 g/mol. The van der Waals surface area contributed by atoms with Crippen molar-refractivity contribution < 1.29 is 15.1 Å². The fourth-order valence-electron chi connectivity index (χ4n) is 0.441. The van der Waals surface area contributed by atoms with E-state index in [4.69, 9.17) is 10.2 Å². The molecule has 0 radical (unpaired) electrons. The van der Waals surface area contributed by atoms with Crippen LogP contribution in [0.2, 0.25) is 0 Å². The summed E-state index contributed by atoms with van der Waals surface area (Å²) in [5, 5.41) is 16.6. The number of quaternary nitrogens is 1. The minimum Gasteiger partial charge on any atom is -0.464 e. The van der Waals surface area contributed by atoms with Crippen molar-refractivity contribution in [3.8, 4) is 0 Å². The van der Waals surface area contributed by atoms with E-state index in [0.717, 1.165) is 4.90 Å². The summed E-state index contributed by atoms with van der Waals surface area (Å²) in [6, 6.07) is 0. The topological polar surface area (TPSA) is 44.9 Å². The highest BCUT2D eigenvalue weighted by molar-refractivity contribution is 4.23. The Hall–Kier alpha value is -0.120. The predicted octanol–water partition coefficient (Wildman–Crippen LogP) is -2.35. The van der Waals surface area contributed by atoms with E-state index in [2.05, 4.69) is 7.05 Å². The van der Waals surface area contributed by atoms with Crippen molar-refractivity contribution in [3.05, 3.63) is 7.05 Å². The molecule has 0 aromatic heterocycles. The van der Waals surface area contributed by atoms with Crippen LogP contribution in [0.4, 0.5) is 0 Å². The molecule has 0 aromatic rings. The molecule has 3 N–H and O–H groups in total. The lowest BCUT2D eigenvalue weighted by atomic mass is 10.5. The van der Waals surface area contributed by atoms with Crippen molar-refractivity contribution in [3.63, 3.8) is 0 Å². The van der Waals surface area contributed by atoms with Gasteiger partial charge in [-0.2, -0.15) is 7.05 Å². The standard InChI is InChI=1S/C5H13NO2/c1-6(2-4-7)3-5-8/h6-8H,1-5H2. The summed E-state index contributed by atoms with van der Waals surface area (Å²) in [5.41, 5.74) is 0. The van der Waals surface area contributed by atoms with Crippen LogP contribution in [0.25, 0.3) is 0 Å². The van der Waals surface area contributed by atoms with Crippen LogP contribution in [0, 0.1) is 7.05 Å². The first-order valence-corrected chi connectivity index (χ1v) is 2.69. The second-order valence-electron chi connectivity index (χ2n) is 1.70. The van der Waals surface area contributed by atoms with Gasteiger partial charge in [0.25, 0.3) is 0 Å². The van der Waals surface area contributed by atoms with E-state index in [-0.39, 0.29) is 13.2 Å². The Morgan fingerprint density at radius 1 is 1.12 bits per heavy atom. The zero-order valence-corrected chi connectivity index (χ0v) is 4.93. The van der Waals surface area contributed by atoms with Crippen molar-refractivity contribution >= 4 is 0 Å². The van der Waals surface area contributed by atoms with Crippen LogP contribution in [0.15, 0.2) is 0 Å². The van der Waals surface area contributed by atoms with Gasteiger partial charge in [0.15, 0.2) is 0 Å². The monoisotopic (exact) mass is 119 g/mol. The molecule has 0 unspecified atom stereocenters. The highest BCUT2D eigenvalue weighted by Crippen LogP contribution is 1.46. The molecule has 0 aromatic carbocycles. The van der Waals surface area contributed by atoms with Crippen molar-refractivity contribution in [1.29, 1.82) is 0 Å². The first-order valence-electron chi connectivity index (χ1n) is 2.69. The van der Waals surface area contributed by atoms with E-state index in [0.29, 0.717) is 13.1 Å². The lowest BCUT2D eigenvalue weighted by Crippen LogP contribution is -3.07. The molecule has 0 spiro atoms. The van der Waals surface area contributed by atoms with E-state index in [9.17, 15) is 0 Å². The third-order valence-corrected chi connectivity index (χ3v) is 0.931. The van der Waals surface area contributed by atoms with Gasteiger partial charge in [0.1, 0.15) is 0 Å². The first-order chi connectivity index (χ1) is 3.81. The van der Waals surface area contributed by atoms with Crippen LogP contribution in [0.5, 0.6) is 0 Å². The molecule has 0 fully saturated rings. The van der Waals surface area contributed by atoms with Gasteiger partial charge < -0.3 is 15.1 Å². The van der Waals surface area contributed by atoms with Gasteiger partial charge in [-0.15, -0.1) is 0 Å². The van der Waals surface area contributed by atoms with Gasteiger partial charge in [0.2, 0.25) is 0 Å². The van der Waals surface area contributed by atoms with Crippen LogP contribution < -0.4 is 4.90 Å². The molecule has 0 saturated carbocycles. The molecule has 3 nitrogen and oxygen atoms in total. The highest BCUT2D eigenvalue weighted by atomic mass is 16.3. The summed E-state index contributed by atoms with van der Waals surface area (Å²) in [7, 11) is 3.61. The maximum Gasteiger partial charge on any atom is 0.0900 e. The summed E-state index contributed by atoms with van der Waals surface area (Å²) in [6.07, 6.45) is 0. The van der Waals surface area contributed by atoms with Crippen LogP contribution >= 0.6 is 0 Å². The molecule has 0 atom stereocenters. The Kier molecular flexibility index (Phi) is 4.95. The van der Waals surface area contributed by atoms with Gasteiger partial charge in [0.05, 0.1) is 26.3 Å². The van der Waals surface area contributed by atoms with E-state index >= 15 is 0 Å². The third-order valence-electron chi connectivity index (χ3n) is 0.931. The molecule has 8 heavy (non-hydrogen) atoms. The van der Waals surface area contributed by atoms with Crippen molar-refractivity contribution in [1.82, 2.24) is 0 Å². The third kappa shape index (κ3) is 4.05. The van der Waals surface area contributed by atoms with E-state index in [1.807, 2.05) is 0 Å². The van der Waals surface area contributed by atoms with E-state index in [1.54, 1.807) is 0 Å². The highest BCUT2D eigenvalue weighted by Gasteiger charge is 1.89. The van der Waals surface area contributed by atoms with Crippen molar-refractivity contribution in [2.45, 2.75) is 0 Å². The minimum atomic E-state index is 0.138. The molecule has 3 heteroatoms. The fraction of sp³-hybridized carbons (Fsp3) is 0.800. The van der Waals surface area contributed by atoms with Gasteiger partial charge in [-0.1, -0.05) is 0 Å². The molecule has 0 rings (SSSR count). The van der Waals surface area contributed by atoms with E-state index < -0.39 is 0 Å². The Balaban J connectivity index is 2.92. The van der Waals surface area contributed by atoms with E-state index in [1.165, 1.54) is 0 Å². The molecule has 0 heterocycles. The Morgan fingerprint density at radius 2 is 1.50 bits per heavy atom. The zero-order chi connectivity index (χ0) is 6.41. The molecule has 0 aliphatic rings. The summed E-state index contributed by atoms with van der Waals surface area (Å²) >= 11 is 0. The Labute approximate surface area is 49.5 Å². The second-order valence-corrected chi connectivity index (χ2v) is 1.70. The van der Waals surface area contributed by atoms with Gasteiger partial charge in [-0.3, -0.25) is 0 Å². The lowest BCUT2D eigenvalue weighted by molar-refractivity contribution is -0.854. The zero-order valence-electron chi connectivity index (χ0n) is 4.93. The smallest absolute Gasteiger partial charge is 0.0900 e. The number of hydrogen-bond donors (Lipinski definition) is 3. The Bertz CT molecular complexity index is 43.7. The summed E-state index contributed by atoms with van der Waals surface area (Å²) in [5.74, 6) is 0. The van der Waals surface area contributed by atoms with Crippen molar-refractivity contribution in [2.75, 3.05) is 26.3 Å². The molecule has 0 saturated heterocycles. The van der Waals surface area contributed by atoms with Crippen LogP contribution in [-0.4, -0.2) is 36.5 Å². The van der Waals surface area contributed by atoms with Gasteiger partial charge in [-0.25, -0.2) is 0 Å². The van der Waals surface area contributed by atoms with Crippen molar-refractivity contribution in [2.24, 2.45) is 0 Å². The fourth-order valence-corrected chi connectivity index (χ4v) is 0.441. The molecule has 0 aliphatic carbocycles. The number of hydrogen-bond acceptors (Lipinski definition) is 2. The number of aliphatic hydroxyl groups is 2. The lowest BCUT2D eigenvalue weighted by Gasteiger charge is -2.17. The summed E-state index contributed by atoms with van der Waals surface area (Å²) < 4.78 is 0. The molecular formula is C5H13NO2. The number of nitrogens with one attached hydrogen (secondary N) is 1. The largest absolute Gasteiger partial charge is 0.464 e. The molecule has 0 amide bonds. The van der Waals surface area contributed by atoms with Crippen LogP contribution in [0.1, 0.15) is 0 Å². The van der Waals surface area contributed by atoms with Gasteiger partial charge >= 0.3 is 0 Å². The number of rotatable bonds is 4. The normalized spacial score (nSPS) is 10.5. The molecule has 50 valence electrons. The average Bonchev–Trinajstić information content (AvgIpc) is 1.68. The maximum absolute atomic E-state index is 8.32. The molecule has 0 aliphatic heterocycles. The quantitative estimate of drug-likeness (QED) is 0.363. The maximum atomic E-state index is 8.32. The van der Waals surface area contributed by atoms with Gasteiger partial charge in [0, 0.05) is 0 Å². The first kappa shape index (κ1) is 7.88. The Morgan fingerprint density at radius 3 is 1.75 bits per heavy atom. The SMILES string of the molecule is [CH2-][NH+](CCO)CCO. The van der Waals surface area contributed by atoms with Crippen LogP contribution in [0.3, 0.4) is 0 Å². The minimum absolute atomic E-state index is 0.138. The van der Waals surface area contributed by atoms with Crippen LogP contribution in [-0.2, 0) is 0 Å². The predicted molar refractivity (Wildman–Crippen MR) is 30.2 cm³/mol. The number of aliphatic hydroxyl groups excluding tert-OH is 2. The second kappa shape index (κ2) is 5.03. The van der Waals surface area contributed by atoms with Gasteiger partial charge in [-0.05, 0) is 0 Å².